The van der Waals surface area contributed by atoms with Crippen molar-refractivity contribution < 1.29 is 4.42 Å². The molecule has 0 unspecified atom stereocenters. The Labute approximate surface area is 43.7 Å². The Bertz CT molecular complexity index is 233. The largest absolute Gasteiger partial charge is 0.424 e. The molecule has 2 aromatic rings. The molecule has 0 aromatic carbocycles. The summed E-state index contributed by atoms with van der Waals surface area (Å²) in [6, 6.07) is 0. The number of nitrogens with one attached hydrogen (secondary N) is 1. The monoisotopic (exact) mass is 110 g/mol. The van der Waals surface area contributed by atoms with E-state index in [1.165, 1.54) is 6.39 Å². The molecule has 0 spiro atoms. The second kappa shape index (κ2) is 1.06. The van der Waals surface area contributed by atoms with E-state index in [9.17, 15) is 0 Å². The summed E-state index contributed by atoms with van der Waals surface area (Å²) in [5.41, 5.74) is 1.04. The Morgan fingerprint density at radius 2 is 2.62 bits per heavy atom. The third-order valence-corrected chi connectivity index (χ3v) is 0.845. The van der Waals surface area contributed by atoms with E-state index in [-0.39, 0.29) is 0 Å². The standard InChI is InChI=1S/C3H2N4O/c1-4-2-3(8-1)6-7-5-2/h1H,(H,5,6,7). The molecule has 0 fully saturated rings. The predicted octanol–water partition coefficient (Wildman–Crippen LogP) is -0.0541. The van der Waals surface area contributed by atoms with Crippen molar-refractivity contribution in [2.75, 3.05) is 0 Å². The maximum Gasteiger partial charge on any atom is 0.263 e. The first-order valence-electron chi connectivity index (χ1n) is 2.07. The van der Waals surface area contributed by atoms with Crippen LogP contribution >= 0.6 is 0 Å². The van der Waals surface area contributed by atoms with Crippen LogP contribution in [0, 0.1) is 0 Å². The molecule has 0 saturated carbocycles. The first-order valence-corrected chi connectivity index (χ1v) is 2.07. The van der Waals surface area contributed by atoms with Crippen LogP contribution in [-0.2, 0) is 0 Å². The minimum absolute atomic E-state index is 0.519. The molecule has 0 bridgehead atoms. The topological polar surface area (TPSA) is 67.6 Å². The smallest absolute Gasteiger partial charge is 0.263 e. The van der Waals surface area contributed by atoms with Crippen molar-refractivity contribution in [2.45, 2.75) is 0 Å². The lowest BCUT2D eigenvalue weighted by atomic mass is 10.8. The van der Waals surface area contributed by atoms with Crippen LogP contribution in [0.5, 0.6) is 0 Å². The number of nitrogens with zero attached hydrogens (tertiary/aromatic N) is 3. The Morgan fingerprint density at radius 1 is 1.62 bits per heavy atom. The number of H-pyrrole nitrogens is 1. The Morgan fingerprint density at radius 3 is 3.50 bits per heavy atom. The van der Waals surface area contributed by atoms with Crippen molar-refractivity contribution in [1.82, 2.24) is 20.4 Å². The van der Waals surface area contributed by atoms with Crippen molar-refractivity contribution in [1.29, 1.82) is 0 Å². The van der Waals surface area contributed by atoms with Crippen LogP contribution in [0.3, 0.4) is 0 Å². The van der Waals surface area contributed by atoms with Gasteiger partial charge in [0.25, 0.3) is 5.71 Å². The van der Waals surface area contributed by atoms with Crippen molar-refractivity contribution in [3.05, 3.63) is 6.39 Å². The summed E-state index contributed by atoms with van der Waals surface area (Å²) in [6.45, 7) is 0. The maximum atomic E-state index is 4.77. The van der Waals surface area contributed by atoms with Gasteiger partial charge in [-0.3, -0.25) is 0 Å². The third-order valence-electron chi connectivity index (χ3n) is 0.845. The summed E-state index contributed by atoms with van der Waals surface area (Å²) >= 11 is 0. The number of fused-ring (bicyclic) bond motifs is 1. The molecule has 2 rings (SSSR count). The van der Waals surface area contributed by atoms with Gasteiger partial charge in [0.05, 0.1) is 0 Å². The van der Waals surface area contributed by atoms with Crippen LogP contribution in [0.25, 0.3) is 11.4 Å². The molecule has 0 radical (unpaired) electrons. The normalized spacial score (nSPS) is 10.5. The van der Waals surface area contributed by atoms with Crippen molar-refractivity contribution in [3.8, 4) is 0 Å². The summed E-state index contributed by atoms with van der Waals surface area (Å²) in [5.74, 6) is 0. The van der Waals surface area contributed by atoms with Gasteiger partial charge in [-0.25, -0.2) is 5.10 Å². The molecule has 0 aliphatic rings. The fourth-order valence-corrected chi connectivity index (χ4v) is 0.506. The van der Waals surface area contributed by atoms with E-state index in [0.717, 1.165) is 0 Å². The molecule has 5 heteroatoms. The van der Waals surface area contributed by atoms with Gasteiger partial charge < -0.3 is 4.42 Å². The highest BCUT2D eigenvalue weighted by molar-refractivity contribution is 5.59. The van der Waals surface area contributed by atoms with Crippen LogP contribution in [0.4, 0.5) is 0 Å². The van der Waals surface area contributed by atoms with E-state index in [0.29, 0.717) is 11.4 Å². The second-order valence-corrected chi connectivity index (χ2v) is 1.32. The van der Waals surface area contributed by atoms with Crippen LogP contribution in [0.1, 0.15) is 0 Å². The van der Waals surface area contributed by atoms with Crippen LogP contribution in [-0.4, -0.2) is 20.4 Å². The molecule has 2 aromatic heterocycles. The fraction of sp³-hybridized carbons (Fsp3) is 0. The van der Waals surface area contributed by atoms with E-state index in [1.807, 2.05) is 0 Å². The Balaban J connectivity index is 3.06. The minimum Gasteiger partial charge on any atom is -0.424 e. The average Bonchev–Trinajstić information content (AvgIpc) is 2.15. The quantitative estimate of drug-likeness (QED) is 0.516. The molecular weight excluding hydrogens is 108 g/mol. The molecule has 0 amide bonds. The number of aromatic nitrogens is 4. The molecule has 2 heterocycles. The predicted molar refractivity (Wildman–Crippen MR) is 23.9 cm³/mol. The van der Waals surface area contributed by atoms with Crippen molar-refractivity contribution >= 4 is 11.4 Å². The SMILES string of the molecule is c1nc2nn[nH]c2o1. The van der Waals surface area contributed by atoms with Gasteiger partial charge in [0.2, 0.25) is 5.65 Å². The molecule has 0 aliphatic carbocycles. The van der Waals surface area contributed by atoms with Crippen molar-refractivity contribution in [2.24, 2.45) is 0 Å². The number of aromatic amines is 1. The average molecular weight is 110 g/mol. The summed E-state index contributed by atoms with van der Waals surface area (Å²) in [5, 5.41) is 9.51. The zero-order chi connectivity index (χ0) is 5.40. The fourth-order valence-electron chi connectivity index (χ4n) is 0.506. The van der Waals surface area contributed by atoms with E-state index >= 15 is 0 Å². The number of oxazole rings is 1. The summed E-state index contributed by atoms with van der Waals surface area (Å²) in [7, 11) is 0. The lowest BCUT2D eigenvalue weighted by molar-refractivity contribution is 0.585. The Hall–Kier alpha value is -1.39. The number of hydrogen-bond donors (Lipinski definition) is 1. The first-order chi connectivity index (χ1) is 3.97. The van der Waals surface area contributed by atoms with Gasteiger partial charge in [-0.1, -0.05) is 5.21 Å². The summed E-state index contributed by atoms with van der Waals surface area (Å²) in [6.07, 6.45) is 1.32. The molecule has 40 valence electrons. The van der Waals surface area contributed by atoms with Gasteiger partial charge >= 0.3 is 0 Å². The van der Waals surface area contributed by atoms with Gasteiger partial charge in [0.1, 0.15) is 0 Å². The van der Waals surface area contributed by atoms with E-state index in [2.05, 4.69) is 20.4 Å². The van der Waals surface area contributed by atoms with E-state index < -0.39 is 0 Å². The maximum absolute atomic E-state index is 4.77. The third kappa shape index (κ3) is 0.281. The van der Waals surface area contributed by atoms with Gasteiger partial charge in [0, 0.05) is 0 Å². The molecule has 0 atom stereocenters. The van der Waals surface area contributed by atoms with Gasteiger partial charge in [0.15, 0.2) is 6.39 Å². The second-order valence-electron chi connectivity index (χ2n) is 1.32. The highest BCUT2D eigenvalue weighted by Gasteiger charge is 1.97. The lowest BCUT2D eigenvalue weighted by Crippen LogP contribution is -1.67. The first kappa shape index (κ1) is 3.59. The molecule has 0 aliphatic heterocycles. The van der Waals surface area contributed by atoms with E-state index in [4.69, 9.17) is 4.42 Å². The highest BCUT2D eigenvalue weighted by atomic mass is 16.3. The number of rotatable bonds is 0. The lowest BCUT2D eigenvalue weighted by Gasteiger charge is -1.61. The zero-order valence-corrected chi connectivity index (χ0v) is 3.83. The van der Waals surface area contributed by atoms with Crippen LogP contribution in [0.15, 0.2) is 10.8 Å². The highest BCUT2D eigenvalue weighted by Crippen LogP contribution is 2.00. The van der Waals surface area contributed by atoms with Gasteiger partial charge in [-0.15, -0.1) is 5.10 Å². The van der Waals surface area contributed by atoms with Gasteiger partial charge in [-0.05, 0) is 0 Å². The molecule has 5 nitrogen and oxygen atoms in total. The molecule has 1 N–H and O–H groups in total. The molecule has 0 saturated heterocycles. The molecule has 8 heavy (non-hydrogen) atoms. The molecular formula is C3H2N4O. The van der Waals surface area contributed by atoms with Crippen LogP contribution < -0.4 is 0 Å². The van der Waals surface area contributed by atoms with Gasteiger partial charge in [-0.2, -0.15) is 4.98 Å². The minimum atomic E-state index is 0.519. The van der Waals surface area contributed by atoms with Crippen molar-refractivity contribution in [3.63, 3.8) is 0 Å². The Kier molecular flexibility index (Phi) is 0.476. The van der Waals surface area contributed by atoms with E-state index in [1.54, 1.807) is 0 Å². The number of hydrogen-bond acceptors (Lipinski definition) is 4. The van der Waals surface area contributed by atoms with Crippen LogP contribution in [0.2, 0.25) is 0 Å². The zero-order valence-electron chi connectivity index (χ0n) is 3.83. The summed E-state index contributed by atoms with van der Waals surface area (Å²) < 4.78 is 4.77. The summed E-state index contributed by atoms with van der Waals surface area (Å²) in [4.78, 5) is 3.71.